The standard InChI is InChI=1S/C7H12N2O3S/c1-3(10)5-7(12)8-4(2-13)6(11)9-5/h3-5,10,13H,2H2,1H3,(H,8,12)(H,9,11)/t3-,4-,5-/m0/s1. The predicted octanol–water partition coefficient (Wildman–Crippen LogP) is -1.72. The van der Waals surface area contributed by atoms with Crippen LogP contribution in [0.1, 0.15) is 6.92 Å². The van der Waals surface area contributed by atoms with Crippen LogP contribution in [-0.2, 0) is 9.59 Å². The highest BCUT2D eigenvalue weighted by atomic mass is 32.1. The molecule has 13 heavy (non-hydrogen) atoms. The summed E-state index contributed by atoms with van der Waals surface area (Å²) in [6.07, 6.45) is -0.884. The van der Waals surface area contributed by atoms with Crippen LogP contribution in [0, 0.1) is 0 Å². The zero-order chi connectivity index (χ0) is 10.0. The van der Waals surface area contributed by atoms with E-state index in [0.29, 0.717) is 0 Å². The molecular formula is C7H12N2O3S. The minimum absolute atomic E-state index is 0.254. The van der Waals surface area contributed by atoms with E-state index in [-0.39, 0.29) is 17.6 Å². The predicted molar refractivity (Wildman–Crippen MR) is 49.4 cm³/mol. The molecule has 0 bridgehead atoms. The molecule has 0 aromatic heterocycles. The number of amides is 2. The fourth-order valence-electron chi connectivity index (χ4n) is 1.11. The lowest BCUT2D eigenvalue weighted by atomic mass is 10.1. The van der Waals surface area contributed by atoms with Crippen molar-refractivity contribution in [2.45, 2.75) is 25.1 Å². The van der Waals surface area contributed by atoms with Crippen molar-refractivity contribution in [3.05, 3.63) is 0 Å². The molecule has 1 aliphatic heterocycles. The number of aliphatic hydroxyl groups excluding tert-OH is 1. The van der Waals surface area contributed by atoms with Crippen LogP contribution in [0.25, 0.3) is 0 Å². The van der Waals surface area contributed by atoms with Gasteiger partial charge < -0.3 is 15.7 Å². The monoisotopic (exact) mass is 204 g/mol. The lowest BCUT2D eigenvalue weighted by Gasteiger charge is -2.30. The van der Waals surface area contributed by atoms with Gasteiger partial charge in [-0.05, 0) is 6.92 Å². The zero-order valence-electron chi connectivity index (χ0n) is 7.15. The average Bonchev–Trinajstić information content (AvgIpc) is 2.07. The molecule has 3 atom stereocenters. The average molecular weight is 204 g/mol. The molecule has 1 aliphatic rings. The van der Waals surface area contributed by atoms with E-state index in [1.807, 2.05) is 0 Å². The quantitative estimate of drug-likeness (QED) is 0.404. The van der Waals surface area contributed by atoms with Crippen LogP contribution in [-0.4, -0.2) is 40.9 Å². The highest BCUT2D eigenvalue weighted by Crippen LogP contribution is 2.02. The number of thiol groups is 1. The van der Waals surface area contributed by atoms with E-state index < -0.39 is 18.2 Å². The minimum Gasteiger partial charge on any atom is -0.391 e. The molecule has 74 valence electrons. The molecule has 1 heterocycles. The number of hydrogen-bond acceptors (Lipinski definition) is 4. The van der Waals surface area contributed by atoms with Crippen molar-refractivity contribution < 1.29 is 14.7 Å². The van der Waals surface area contributed by atoms with Crippen LogP contribution in [0.3, 0.4) is 0 Å². The van der Waals surface area contributed by atoms with E-state index in [1.54, 1.807) is 0 Å². The molecule has 3 N–H and O–H groups in total. The van der Waals surface area contributed by atoms with E-state index in [0.717, 1.165) is 0 Å². The van der Waals surface area contributed by atoms with Gasteiger partial charge in [0.15, 0.2) is 0 Å². The van der Waals surface area contributed by atoms with E-state index in [1.165, 1.54) is 6.92 Å². The summed E-state index contributed by atoms with van der Waals surface area (Å²) in [6, 6.07) is -1.44. The van der Waals surface area contributed by atoms with Crippen molar-refractivity contribution in [3.8, 4) is 0 Å². The number of rotatable bonds is 2. The summed E-state index contributed by atoms with van der Waals surface area (Å²) >= 11 is 3.91. The van der Waals surface area contributed by atoms with Crippen LogP contribution in [0.2, 0.25) is 0 Å². The molecule has 1 fully saturated rings. The van der Waals surface area contributed by atoms with Gasteiger partial charge in [-0.1, -0.05) is 0 Å². The van der Waals surface area contributed by atoms with Gasteiger partial charge in [0, 0.05) is 5.75 Å². The van der Waals surface area contributed by atoms with Crippen LogP contribution in [0.4, 0.5) is 0 Å². The first-order valence-corrected chi connectivity index (χ1v) is 4.59. The van der Waals surface area contributed by atoms with Gasteiger partial charge in [0.05, 0.1) is 6.10 Å². The highest BCUT2D eigenvalue weighted by Gasteiger charge is 2.35. The molecule has 0 aliphatic carbocycles. The largest absolute Gasteiger partial charge is 0.391 e. The van der Waals surface area contributed by atoms with Gasteiger partial charge in [-0.25, -0.2) is 0 Å². The molecule has 6 heteroatoms. The van der Waals surface area contributed by atoms with Gasteiger partial charge in [-0.3, -0.25) is 9.59 Å². The van der Waals surface area contributed by atoms with Gasteiger partial charge in [0.2, 0.25) is 11.8 Å². The first-order valence-electron chi connectivity index (χ1n) is 3.96. The Labute approximate surface area is 81.3 Å². The molecule has 1 saturated heterocycles. The molecule has 0 aromatic rings. The van der Waals surface area contributed by atoms with E-state index in [2.05, 4.69) is 23.3 Å². The van der Waals surface area contributed by atoms with Gasteiger partial charge >= 0.3 is 0 Å². The summed E-state index contributed by atoms with van der Waals surface area (Å²) in [7, 11) is 0. The smallest absolute Gasteiger partial charge is 0.245 e. The second kappa shape index (κ2) is 3.97. The third-order valence-corrected chi connectivity index (χ3v) is 2.24. The van der Waals surface area contributed by atoms with Crippen LogP contribution in [0.15, 0.2) is 0 Å². The van der Waals surface area contributed by atoms with E-state index in [9.17, 15) is 9.59 Å². The molecular weight excluding hydrogens is 192 g/mol. The molecule has 0 aromatic carbocycles. The summed E-state index contributed by atoms with van der Waals surface area (Å²) in [5.41, 5.74) is 0. The molecule has 1 rings (SSSR count). The maximum atomic E-state index is 11.2. The second-order valence-corrected chi connectivity index (χ2v) is 3.34. The molecule has 0 unspecified atom stereocenters. The van der Waals surface area contributed by atoms with E-state index in [4.69, 9.17) is 5.11 Å². The fourth-order valence-corrected chi connectivity index (χ4v) is 1.37. The Morgan fingerprint density at radius 2 is 2.08 bits per heavy atom. The van der Waals surface area contributed by atoms with Crippen LogP contribution >= 0.6 is 12.6 Å². The van der Waals surface area contributed by atoms with Crippen molar-refractivity contribution in [1.29, 1.82) is 0 Å². The Balaban J connectivity index is 2.67. The van der Waals surface area contributed by atoms with Crippen LogP contribution < -0.4 is 10.6 Å². The van der Waals surface area contributed by atoms with Crippen molar-refractivity contribution in [3.63, 3.8) is 0 Å². The number of hydrogen-bond donors (Lipinski definition) is 4. The number of carbonyl (C=O) groups excluding carboxylic acids is 2. The summed E-state index contributed by atoms with van der Waals surface area (Å²) in [5, 5.41) is 14.0. The third-order valence-electron chi connectivity index (χ3n) is 1.88. The molecule has 5 nitrogen and oxygen atoms in total. The lowest BCUT2D eigenvalue weighted by molar-refractivity contribution is -0.138. The number of carbonyl (C=O) groups is 2. The van der Waals surface area contributed by atoms with Gasteiger partial charge in [0.25, 0.3) is 0 Å². The maximum absolute atomic E-state index is 11.2. The molecule has 0 spiro atoms. The Hall–Kier alpha value is -0.750. The first-order chi connectivity index (χ1) is 6.06. The van der Waals surface area contributed by atoms with Crippen molar-refractivity contribution in [2.75, 3.05) is 5.75 Å². The van der Waals surface area contributed by atoms with Crippen molar-refractivity contribution in [1.82, 2.24) is 10.6 Å². The van der Waals surface area contributed by atoms with Gasteiger partial charge in [-0.2, -0.15) is 12.6 Å². The second-order valence-electron chi connectivity index (χ2n) is 2.97. The van der Waals surface area contributed by atoms with E-state index >= 15 is 0 Å². The van der Waals surface area contributed by atoms with Crippen LogP contribution in [0.5, 0.6) is 0 Å². The summed E-state index contributed by atoms with van der Waals surface area (Å²) in [4.78, 5) is 22.4. The lowest BCUT2D eigenvalue weighted by Crippen LogP contribution is -2.65. The Morgan fingerprint density at radius 1 is 1.46 bits per heavy atom. The zero-order valence-corrected chi connectivity index (χ0v) is 8.04. The normalized spacial score (nSPS) is 30.7. The summed E-state index contributed by atoms with van der Waals surface area (Å²) < 4.78 is 0. The summed E-state index contributed by atoms with van der Waals surface area (Å²) in [6.45, 7) is 1.45. The molecule has 0 radical (unpaired) electrons. The summed E-state index contributed by atoms with van der Waals surface area (Å²) in [5.74, 6) is -0.418. The molecule has 0 saturated carbocycles. The topological polar surface area (TPSA) is 78.4 Å². The Bertz CT molecular complexity index is 232. The third kappa shape index (κ3) is 2.13. The number of nitrogens with one attached hydrogen (secondary N) is 2. The minimum atomic E-state index is -0.884. The SMILES string of the molecule is C[C@H](O)[C@@H]1NC(=O)[C@H](CS)NC1=O. The van der Waals surface area contributed by atoms with Gasteiger partial charge in [-0.15, -0.1) is 0 Å². The van der Waals surface area contributed by atoms with Crippen molar-refractivity contribution in [2.24, 2.45) is 0 Å². The number of aliphatic hydroxyl groups is 1. The Morgan fingerprint density at radius 3 is 2.54 bits per heavy atom. The van der Waals surface area contributed by atoms with Gasteiger partial charge in [0.1, 0.15) is 12.1 Å². The molecule has 2 amide bonds. The Kier molecular flexibility index (Phi) is 3.16. The fraction of sp³-hybridized carbons (Fsp3) is 0.714. The first kappa shape index (κ1) is 10.3. The highest BCUT2D eigenvalue weighted by molar-refractivity contribution is 7.80. The maximum Gasteiger partial charge on any atom is 0.245 e. The number of piperazine rings is 1. The van der Waals surface area contributed by atoms with Crippen molar-refractivity contribution >= 4 is 24.4 Å².